The largest absolute Gasteiger partial charge is 0.493 e. The molecule has 0 aromatic rings. The van der Waals surface area contributed by atoms with E-state index < -0.39 is 11.0 Å². The van der Waals surface area contributed by atoms with E-state index in [4.69, 9.17) is 14.2 Å². The molecule has 0 amide bonds. The molecule has 0 saturated heterocycles. The molecule has 0 N–H and O–H groups in total. The summed E-state index contributed by atoms with van der Waals surface area (Å²) in [7, 11) is 0. The van der Waals surface area contributed by atoms with Crippen LogP contribution in [0.2, 0.25) is 0 Å². The Kier molecular flexibility index (Phi) is 4.65. The van der Waals surface area contributed by atoms with Gasteiger partial charge in [-0.15, -0.1) is 5.92 Å². The molecule has 172 valence electrons. The van der Waals surface area contributed by atoms with E-state index in [1.807, 2.05) is 6.26 Å². The van der Waals surface area contributed by atoms with Crippen molar-refractivity contribution in [1.82, 2.24) is 0 Å². The van der Waals surface area contributed by atoms with E-state index in [1.54, 1.807) is 6.08 Å². The summed E-state index contributed by atoms with van der Waals surface area (Å²) in [5.74, 6) is 6.49. The number of hydrogen-bond acceptors (Lipinski definition) is 5. The zero-order valence-corrected chi connectivity index (χ0v) is 19.7. The average Bonchev–Trinajstić information content (AvgIpc) is 3.15. The lowest BCUT2D eigenvalue weighted by Gasteiger charge is -2.74. The third kappa shape index (κ3) is 2.59. The number of cyclic esters (lactones) is 1. The minimum atomic E-state index is -0.556. The summed E-state index contributed by atoms with van der Waals surface area (Å²) in [6, 6.07) is 0. The number of fused-ring (bicyclic) bond motifs is 3. The molecule has 2 fully saturated rings. The summed E-state index contributed by atoms with van der Waals surface area (Å²) in [4.78, 5) is 24.4. The molecule has 5 heteroatoms. The molecular formula is C27H34O5. The summed E-state index contributed by atoms with van der Waals surface area (Å²) >= 11 is 0. The van der Waals surface area contributed by atoms with Crippen molar-refractivity contribution in [3.05, 3.63) is 24.0 Å². The first-order valence-corrected chi connectivity index (χ1v) is 12.0. The maximum atomic E-state index is 12.8. The summed E-state index contributed by atoms with van der Waals surface area (Å²) in [5.41, 5.74) is -0.710. The fourth-order valence-corrected chi connectivity index (χ4v) is 8.14. The van der Waals surface area contributed by atoms with Crippen molar-refractivity contribution in [3.8, 4) is 11.8 Å². The van der Waals surface area contributed by atoms with E-state index in [2.05, 4.69) is 45.6 Å². The van der Waals surface area contributed by atoms with Crippen molar-refractivity contribution in [2.45, 2.75) is 90.8 Å². The van der Waals surface area contributed by atoms with Gasteiger partial charge in [0.05, 0.1) is 18.1 Å². The Morgan fingerprint density at radius 1 is 1.16 bits per heavy atom. The van der Waals surface area contributed by atoms with E-state index in [-0.39, 0.29) is 34.3 Å². The summed E-state index contributed by atoms with van der Waals surface area (Å²) in [5, 5.41) is 0. The topological polar surface area (TPSA) is 61.8 Å². The van der Waals surface area contributed by atoms with Gasteiger partial charge < -0.3 is 14.2 Å². The highest BCUT2D eigenvalue weighted by Gasteiger charge is 2.78. The van der Waals surface area contributed by atoms with Crippen molar-refractivity contribution in [2.75, 3.05) is 6.61 Å². The van der Waals surface area contributed by atoms with Crippen molar-refractivity contribution < 1.29 is 23.8 Å². The van der Waals surface area contributed by atoms with Gasteiger partial charge >= 0.3 is 11.9 Å². The van der Waals surface area contributed by atoms with Crippen LogP contribution < -0.4 is 0 Å². The molecule has 5 aliphatic rings. The molecule has 0 radical (unpaired) electrons. The van der Waals surface area contributed by atoms with E-state index in [0.717, 1.165) is 37.7 Å². The van der Waals surface area contributed by atoms with Gasteiger partial charge in [0.15, 0.2) is 0 Å². The summed E-state index contributed by atoms with van der Waals surface area (Å²) in [6.07, 6.45) is 11.6. The van der Waals surface area contributed by atoms with Crippen LogP contribution in [0.1, 0.15) is 79.1 Å². The lowest BCUT2D eigenvalue weighted by molar-refractivity contribution is -0.310. The molecule has 2 saturated carbocycles. The molecule has 5 unspecified atom stereocenters. The van der Waals surface area contributed by atoms with Crippen molar-refractivity contribution in [1.29, 1.82) is 0 Å². The minimum absolute atomic E-state index is 0.0645. The minimum Gasteiger partial charge on any atom is -0.493 e. The molecular weight excluding hydrogens is 404 g/mol. The van der Waals surface area contributed by atoms with Gasteiger partial charge in [0, 0.05) is 29.7 Å². The Balaban J connectivity index is 1.70. The van der Waals surface area contributed by atoms with Crippen LogP contribution in [-0.4, -0.2) is 30.3 Å². The zero-order chi connectivity index (χ0) is 22.8. The molecule has 0 aromatic carbocycles. The first-order chi connectivity index (χ1) is 15.1. The van der Waals surface area contributed by atoms with Crippen LogP contribution in [-0.2, 0) is 23.8 Å². The molecule has 3 aliphatic heterocycles. The van der Waals surface area contributed by atoms with Crippen LogP contribution in [0.25, 0.3) is 0 Å². The Bertz CT molecular complexity index is 980. The maximum Gasteiger partial charge on any atom is 0.331 e. The lowest BCUT2D eigenvalue weighted by Crippen LogP contribution is -2.77. The highest BCUT2D eigenvalue weighted by atomic mass is 16.5. The van der Waals surface area contributed by atoms with Crippen molar-refractivity contribution >= 4 is 11.9 Å². The van der Waals surface area contributed by atoms with Crippen LogP contribution in [0, 0.1) is 33.5 Å². The summed E-state index contributed by atoms with van der Waals surface area (Å²) in [6.45, 7) is 9.56. The summed E-state index contributed by atoms with van der Waals surface area (Å²) < 4.78 is 18.2. The maximum absolute atomic E-state index is 12.8. The zero-order valence-electron chi connectivity index (χ0n) is 19.7. The monoisotopic (exact) mass is 438 g/mol. The SMILES string of the molecule is CC1(C)CCCC2(C)C3(CCC4=CC(=O)OC4)OC=CC12C1CC3(C)C#CCCC(=O)O1. The Morgan fingerprint density at radius 3 is 2.72 bits per heavy atom. The van der Waals surface area contributed by atoms with Gasteiger partial charge in [0.2, 0.25) is 0 Å². The van der Waals surface area contributed by atoms with Crippen LogP contribution in [0.5, 0.6) is 0 Å². The fourth-order valence-electron chi connectivity index (χ4n) is 8.14. The Labute approximate surface area is 190 Å². The third-order valence-electron chi connectivity index (χ3n) is 9.61. The molecule has 3 heterocycles. The number of carbonyl (C=O) groups is 2. The number of ether oxygens (including phenoxy) is 3. The van der Waals surface area contributed by atoms with Gasteiger partial charge in [0.25, 0.3) is 0 Å². The van der Waals surface area contributed by atoms with Crippen molar-refractivity contribution in [2.24, 2.45) is 21.7 Å². The second-order valence-electron chi connectivity index (χ2n) is 11.4. The molecule has 4 bridgehead atoms. The lowest BCUT2D eigenvalue weighted by atomic mass is 9.32. The van der Waals surface area contributed by atoms with Crippen molar-refractivity contribution in [3.63, 3.8) is 0 Å². The van der Waals surface area contributed by atoms with Gasteiger partial charge in [0.1, 0.15) is 18.3 Å². The second kappa shape index (κ2) is 6.89. The van der Waals surface area contributed by atoms with Gasteiger partial charge in [-0.1, -0.05) is 33.1 Å². The Hall–Kier alpha value is -2.22. The quantitative estimate of drug-likeness (QED) is 0.465. The Morgan fingerprint density at radius 2 is 1.97 bits per heavy atom. The third-order valence-corrected chi connectivity index (χ3v) is 9.61. The van der Waals surface area contributed by atoms with Crippen LogP contribution in [0.15, 0.2) is 24.0 Å². The predicted molar refractivity (Wildman–Crippen MR) is 119 cm³/mol. The molecule has 32 heavy (non-hydrogen) atoms. The fraction of sp³-hybridized carbons (Fsp3) is 0.704. The van der Waals surface area contributed by atoms with E-state index in [1.165, 1.54) is 0 Å². The molecule has 2 aliphatic carbocycles. The predicted octanol–water partition coefficient (Wildman–Crippen LogP) is 4.85. The normalized spacial score (nSPS) is 43.8. The van der Waals surface area contributed by atoms with Gasteiger partial charge in [-0.05, 0) is 49.7 Å². The van der Waals surface area contributed by atoms with Gasteiger partial charge in [-0.3, -0.25) is 4.79 Å². The van der Waals surface area contributed by atoms with Gasteiger partial charge in [-0.25, -0.2) is 4.79 Å². The van der Waals surface area contributed by atoms with Crippen LogP contribution >= 0.6 is 0 Å². The number of esters is 2. The molecule has 5 nitrogen and oxygen atoms in total. The van der Waals surface area contributed by atoms with Crippen LogP contribution in [0.4, 0.5) is 0 Å². The van der Waals surface area contributed by atoms with E-state index in [0.29, 0.717) is 25.9 Å². The first-order valence-electron chi connectivity index (χ1n) is 12.0. The van der Waals surface area contributed by atoms with Gasteiger partial charge in [-0.2, -0.15) is 0 Å². The molecule has 5 atom stereocenters. The van der Waals surface area contributed by atoms with E-state index >= 15 is 0 Å². The number of hydrogen-bond donors (Lipinski definition) is 0. The highest BCUT2D eigenvalue weighted by molar-refractivity contribution is 5.85. The van der Waals surface area contributed by atoms with E-state index in [9.17, 15) is 9.59 Å². The van der Waals surface area contributed by atoms with Crippen LogP contribution in [0.3, 0.4) is 0 Å². The number of carbonyl (C=O) groups excluding carboxylic acids is 2. The smallest absolute Gasteiger partial charge is 0.331 e. The standard InChI is InChI=1S/C27H34O5/c1-23(2)10-7-12-25(4)26(23)14-15-31-27(25,13-9-19-16-22(29)30-18-19)24(3)11-6-5-8-21(28)32-20(26)17-24/h14-16,20H,5,7-10,12-13,17-18H2,1-4H3. The molecule has 0 spiro atoms. The average molecular weight is 439 g/mol. The highest BCUT2D eigenvalue weighted by Crippen LogP contribution is 2.76. The number of rotatable bonds is 3. The first kappa shape index (κ1) is 21.6. The molecule has 0 aromatic heterocycles. The molecule has 5 rings (SSSR count). The second-order valence-corrected chi connectivity index (χ2v) is 11.4.